The summed E-state index contributed by atoms with van der Waals surface area (Å²) in [5.41, 5.74) is -1.23. The van der Waals surface area contributed by atoms with E-state index < -0.39 is 49.4 Å². The molecule has 1 aliphatic heterocycles. The van der Waals surface area contributed by atoms with Gasteiger partial charge in [0, 0.05) is 34.1 Å². The van der Waals surface area contributed by atoms with Crippen LogP contribution >= 0.6 is 0 Å². The third-order valence-electron chi connectivity index (χ3n) is 5.98. The van der Waals surface area contributed by atoms with Crippen molar-refractivity contribution in [1.29, 1.82) is 0 Å². The van der Waals surface area contributed by atoms with Crippen LogP contribution in [0, 0.1) is 10.1 Å². The molecule has 1 aliphatic rings. The van der Waals surface area contributed by atoms with Crippen molar-refractivity contribution in [3.05, 3.63) is 87.0 Å². The number of hydrogen-bond donors (Lipinski definition) is 3. The summed E-state index contributed by atoms with van der Waals surface area (Å²) in [5.74, 6) is -1.07. The summed E-state index contributed by atoms with van der Waals surface area (Å²) in [5, 5.41) is 24.6. The normalized spacial score (nSPS) is 14.7. The molecule has 3 aromatic carbocycles. The predicted octanol–water partition coefficient (Wildman–Crippen LogP) is 5.91. The van der Waals surface area contributed by atoms with Crippen molar-refractivity contribution in [2.45, 2.75) is 37.3 Å². The molecule has 0 saturated heterocycles. The van der Waals surface area contributed by atoms with Gasteiger partial charge in [-0.1, -0.05) is 20.8 Å². The summed E-state index contributed by atoms with van der Waals surface area (Å²) in [6.07, 6.45) is -3.23. The highest BCUT2D eigenvalue weighted by Gasteiger charge is 2.31. The lowest BCUT2D eigenvalue weighted by Gasteiger charge is -2.20. The Hall–Kier alpha value is -4.39. The first kappa shape index (κ1) is 27.6. The maximum atomic E-state index is 13.0. The molecule has 1 heterocycles. The Balaban J connectivity index is 1.74. The van der Waals surface area contributed by atoms with Crippen LogP contribution in [0.2, 0.25) is 0 Å². The van der Waals surface area contributed by atoms with Gasteiger partial charge in [-0.3, -0.25) is 19.6 Å². The van der Waals surface area contributed by atoms with Gasteiger partial charge in [0.1, 0.15) is 0 Å². The highest BCUT2D eigenvalue weighted by Crippen LogP contribution is 2.41. The monoisotopic (exact) mass is 561 g/mol. The fourth-order valence-electron chi connectivity index (χ4n) is 4.02. The van der Waals surface area contributed by atoms with Crippen LogP contribution in [-0.2, 0) is 26.4 Å². The Bertz CT molecular complexity index is 1640. The summed E-state index contributed by atoms with van der Waals surface area (Å²) >= 11 is 0. The number of phenols is 1. The Morgan fingerprint density at radius 3 is 2.23 bits per heavy atom. The molecule has 0 saturated carbocycles. The predicted molar refractivity (Wildman–Crippen MR) is 139 cm³/mol. The molecule has 0 aliphatic carbocycles. The number of rotatable bonds is 5. The molecule has 0 fully saturated rings. The van der Waals surface area contributed by atoms with Gasteiger partial charge in [-0.05, 0) is 65.6 Å². The van der Waals surface area contributed by atoms with E-state index in [1.165, 1.54) is 30.3 Å². The van der Waals surface area contributed by atoms with Gasteiger partial charge in [0.05, 0.1) is 15.4 Å². The second-order valence-electron chi connectivity index (χ2n) is 9.84. The number of alkyl halides is 3. The lowest BCUT2D eigenvalue weighted by Crippen LogP contribution is -2.13. The number of nitrogens with zero attached hydrogens (tertiary/aromatic N) is 1. The minimum Gasteiger partial charge on any atom is -0.502 e. The first-order valence-corrected chi connectivity index (χ1v) is 12.8. The number of nitro benzene ring substituents is 1. The summed E-state index contributed by atoms with van der Waals surface area (Å²) in [4.78, 5) is 23.3. The number of halogens is 3. The van der Waals surface area contributed by atoms with Crippen molar-refractivity contribution in [2.75, 3.05) is 10.0 Å². The number of sulfonamides is 1. The van der Waals surface area contributed by atoms with Crippen LogP contribution in [0.4, 0.5) is 30.2 Å². The number of carbonyl (C=O) groups excluding carboxylic acids is 1. The number of carbonyl (C=O) groups is 1. The molecule has 0 aromatic heterocycles. The van der Waals surface area contributed by atoms with Crippen molar-refractivity contribution in [2.24, 2.45) is 0 Å². The molecule has 3 N–H and O–H groups in total. The molecule has 1 amide bonds. The fourth-order valence-corrected chi connectivity index (χ4v) is 5.11. The lowest BCUT2D eigenvalue weighted by atomic mass is 9.84. The molecule has 204 valence electrons. The molecule has 0 bridgehead atoms. The zero-order chi connectivity index (χ0) is 28.9. The first-order chi connectivity index (χ1) is 18.0. The maximum Gasteiger partial charge on any atom is 0.416 e. The van der Waals surface area contributed by atoms with E-state index in [1.54, 1.807) is 20.8 Å². The van der Waals surface area contributed by atoms with Crippen LogP contribution in [0.3, 0.4) is 0 Å². The van der Waals surface area contributed by atoms with Crippen LogP contribution in [0.25, 0.3) is 11.6 Å². The number of aromatic hydroxyl groups is 1. The van der Waals surface area contributed by atoms with E-state index in [2.05, 4.69) is 10.0 Å². The molecule has 9 nitrogen and oxygen atoms in total. The Kier molecular flexibility index (Phi) is 6.67. The average Bonchev–Trinajstić information content (AvgIpc) is 3.12. The Morgan fingerprint density at radius 1 is 1.03 bits per heavy atom. The molecule has 39 heavy (non-hydrogen) atoms. The van der Waals surface area contributed by atoms with E-state index >= 15 is 0 Å². The van der Waals surface area contributed by atoms with Crippen molar-refractivity contribution < 1.29 is 36.4 Å². The first-order valence-electron chi connectivity index (χ1n) is 11.4. The van der Waals surface area contributed by atoms with Crippen molar-refractivity contribution in [3.8, 4) is 5.75 Å². The van der Waals surface area contributed by atoms with Crippen LogP contribution < -0.4 is 10.0 Å². The smallest absolute Gasteiger partial charge is 0.416 e. The molecular formula is C26H22F3N3O6S. The third kappa shape index (κ3) is 5.58. The molecule has 0 spiro atoms. The largest absolute Gasteiger partial charge is 0.502 e. The van der Waals surface area contributed by atoms with Gasteiger partial charge in [-0.25, -0.2) is 8.42 Å². The van der Waals surface area contributed by atoms with E-state index in [1.807, 2.05) is 0 Å². The second-order valence-corrected chi connectivity index (χ2v) is 11.5. The van der Waals surface area contributed by atoms with Gasteiger partial charge in [0.2, 0.25) is 0 Å². The topological polar surface area (TPSA) is 139 Å². The van der Waals surface area contributed by atoms with Crippen molar-refractivity contribution in [1.82, 2.24) is 0 Å². The quantitative estimate of drug-likeness (QED) is 0.201. The number of fused-ring (bicyclic) bond motifs is 1. The van der Waals surface area contributed by atoms with Gasteiger partial charge in [-0.15, -0.1) is 0 Å². The summed E-state index contributed by atoms with van der Waals surface area (Å²) in [6.45, 7) is 5.25. The third-order valence-corrected chi connectivity index (χ3v) is 7.36. The minimum atomic E-state index is -4.58. The number of hydrogen-bond acceptors (Lipinski definition) is 6. The van der Waals surface area contributed by atoms with Gasteiger partial charge in [0.25, 0.3) is 15.9 Å². The van der Waals surface area contributed by atoms with E-state index in [9.17, 15) is 41.6 Å². The van der Waals surface area contributed by atoms with Gasteiger partial charge in [-0.2, -0.15) is 13.2 Å². The number of nitro groups is 1. The standard InChI is InChI=1S/C26H22F3N3O6S/c1-25(2,3)20-11-14(12-22(23(20)33)32(35)36)10-19-18-13-17(8-9-21(18)30-24(19)34)39(37,38)31-16-6-4-15(5-7-16)26(27,28)29/h4-13,31,33H,1-3H3,(H,30,34). The Morgan fingerprint density at radius 2 is 1.67 bits per heavy atom. The maximum absolute atomic E-state index is 13.0. The molecule has 3 aromatic rings. The number of phenolic OH excluding ortho intramolecular Hbond substituents is 1. The summed E-state index contributed by atoms with van der Waals surface area (Å²) < 4.78 is 66.6. The Labute approximate surface area is 221 Å². The number of nitrogens with one attached hydrogen (secondary N) is 2. The highest BCUT2D eigenvalue weighted by atomic mass is 32.2. The van der Waals surface area contributed by atoms with Gasteiger partial charge >= 0.3 is 11.9 Å². The van der Waals surface area contributed by atoms with Crippen LogP contribution in [0.5, 0.6) is 5.75 Å². The minimum absolute atomic E-state index is 0.0245. The second kappa shape index (κ2) is 9.42. The molecular weight excluding hydrogens is 539 g/mol. The van der Waals surface area contributed by atoms with E-state index in [0.717, 1.165) is 30.3 Å². The molecule has 0 atom stereocenters. The fraction of sp³-hybridized carbons (Fsp3) is 0.192. The van der Waals surface area contributed by atoms with E-state index in [0.29, 0.717) is 5.69 Å². The van der Waals surface area contributed by atoms with Crippen LogP contribution in [0.1, 0.15) is 43.0 Å². The van der Waals surface area contributed by atoms with Crippen LogP contribution in [0.15, 0.2) is 59.5 Å². The zero-order valence-electron chi connectivity index (χ0n) is 20.8. The lowest BCUT2D eigenvalue weighted by molar-refractivity contribution is -0.386. The van der Waals surface area contributed by atoms with E-state index in [4.69, 9.17) is 0 Å². The molecule has 0 radical (unpaired) electrons. The van der Waals surface area contributed by atoms with Crippen LogP contribution in [-0.4, -0.2) is 24.4 Å². The SMILES string of the molecule is CC(C)(C)c1cc(C=C2C(=O)Nc3ccc(S(=O)(=O)Nc4ccc(C(F)(F)F)cc4)cc32)cc([N+](=O)[O-])c1O. The van der Waals surface area contributed by atoms with Crippen molar-refractivity contribution in [3.63, 3.8) is 0 Å². The molecule has 0 unspecified atom stereocenters. The molecule has 13 heteroatoms. The van der Waals surface area contributed by atoms with Gasteiger partial charge < -0.3 is 10.4 Å². The summed E-state index contributed by atoms with van der Waals surface area (Å²) in [6, 6.07) is 9.85. The highest BCUT2D eigenvalue weighted by molar-refractivity contribution is 7.92. The van der Waals surface area contributed by atoms with Crippen molar-refractivity contribution >= 4 is 44.6 Å². The average molecular weight is 562 g/mol. The molecule has 4 rings (SSSR count). The number of benzene rings is 3. The zero-order valence-corrected chi connectivity index (χ0v) is 21.6. The van der Waals surface area contributed by atoms with Gasteiger partial charge in [0.15, 0.2) is 5.75 Å². The van der Waals surface area contributed by atoms with E-state index in [-0.39, 0.29) is 32.8 Å². The summed E-state index contributed by atoms with van der Waals surface area (Å²) in [7, 11) is -4.27. The number of amides is 1. The number of anilines is 2.